The van der Waals surface area contributed by atoms with Crippen LogP contribution >= 0.6 is 0 Å². The molecule has 1 aliphatic rings. The summed E-state index contributed by atoms with van der Waals surface area (Å²) in [4.78, 5) is 40.8. The summed E-state index contributed by atoms with van der Waals surface area (Å²) >= 11 is 0. The van der Waals surface area contributed by atoms with E-state index in [-0.39, 0.29) is 11.3 Å². The first-order valence-electron chi connectivity index (χ1n) is 11.8. The molecule has 0 bridgehead atoms. The minimum absolute atomic E-state index is 0.183. The standard InChI is InChI=1S/C26H30N4O4/c1-3-4-7-16-30-25(32)20-11-6-5-10-19(20)23(28-30)24(31)27-21-17-18(26(33)34-2)12-13-22(21)29-14-8-9-15-29/h5-6,10-13,17H,3-4,7-9,14-16H2,1-2H3,(H,27,31). The fourth-order valence-corrected chi connectivity index (χ4v) is 4.36. The highest BCUT2D eigenvalue weighted by atomic mass is 16.5. The van der Waals surface area contributed by atoms with Gasteiger partial charge in [0.1, 0.15) is 0 Å². The van der Waals surface area contributed by atoms with Crippen molar-refractivity contribution in [2.45, 2.75) is 45.6 Å². The van der Waals surface area contributed by atoms with Crippen LogP contribution in [0.2, 0.25) is 0 Å². The third-order valence-corrected chi connectivity index (χ3v) is 6.17. The number of nitrogens with one attached hydrogen (secondary N) is 1. The van der Waals surface area contributed by atoms with Gasteiger partial charge in [-0.25, -0.2) is 9.48 Å². The Kier molecular flexibility index (Phi) is 7.25. The fraction of sp³-hybridized carbons (Fsp3) is 0.385. The third-order valence-electron chi connectivity index (χ3n) is 6.17. The number of fused-ring (bicyclic) bond motifs is 1. The zero-order chi connectivity index (χ0) is 24.1. The summed E-state index contributed by atoms with van der Waals surface area (Å²) in [7, 11) is 1.33. The van der Waals surface area contributed by atoms with E-state index >= 15 is 0 Å². The molecule has 0 atom stereocenters. The number of esters is 1. The van der Waals surface area contributed by atoms with Crippen molar-refractivity contribution < 1.29 is 14.3 Å². The van der Waals surface area contributed by atoms with Crippen molar-refractivity contribution in [1.29, 1.82) is 0 Å². The molecule has 0 spiro atoms. The molecule has 1 amide bonds. The Balaban J connectivity index is 1.75. The Morgan fingerprint density at radius 2 is 1.79 bits per heavy atom. The number of benzene rings is 2. The lowest BCUT2D eigenvalue weighted by atomic mass is 10.1. The minimum Gasteiger partial charge on any atom is -0.465 e. The summed E-state index contributed by atoms with van der Waals surface area (Å²) in [6.45, 7) is 4.30. The number of methoxy groups -OCH3 is 1. The molecule has 34 heavy (non-hydrogen) atoms. The van der Waals surface area contributed by atoms with Crippen LogP contribution in [0.1, 0.15) is 59.9 Å². The number of ether oxygens (including phenoxy) is 1. The maximum absolute atomic E-state index is 13.5. The molecular formula is C26H30N4O4. The van der Waals surface area contributed by atoms with Gasteiger partial charge in [0.2, 0.25) is 0 Å². The van der Waals surface area contributed by atoms with E-state index in [1.54, 1.807) is 36.4 Å². The SMILES string of the molecule is CCCCCn1nc(C(=O)Nc2cc(C(=O)OC)ccc2N2CCCC2)c2ccccc2c1=O. The molecular weight excluding hydrogens is 432 g/mol. The van der Waals surface area contributed by atoms with Gasteiger partial charge in [-0.1, -0.05) is 38.0 Å². The smallest absolute Gasteiger partial charge is 0.337 e. The third kappa shape index (κ3) is 4.81. The summed E-state index contributed by atoms with van der Waals surface area (Å²) in [6.07, 6.45) is 4.94. The van der Waals surface area contributed by atoms with Crippen LogP contribution in [0.25, 0.3) is 10.8 Å². The minimum atomic E-state index is -0.475. The summed E-state index contributed by atoms with van der Waals surface area (Å²) in [6, 6.07) is 12.2. The number of carbonyl (C=O) groups excluding carboxylic acids is 2. The molecule has 8 nitrogen and oxygen atoms in total. The highest BCUT2D eigenvalue weighted by Gasteiger charge is 2.22. The first kappa shape index (κ1) is 23.5. The van der Waals surface area contributed by atoms with Gasteiger partial charge in [-0.15, -0.1) is 0 Å². The molecule has 1 aliphatic heterocycles. The molecule has 2 aromatic carbocycles. The molecule has 1 N–H and O–H groups in total. The topological polar surface area (TPSA) is 93.5 Å². The van der Waals surface area contributed by atoms with Gasteiger partial charge in [-0.2, -0.15) is 5.10 Å². The molecule has 1 saturated heterocycles. The van der Waals surface area contributed by atoms with Crippen LogP contribution in [0.15, 0.2) is 47.3 Å². The number of hydrogen-bond donors (Lipinski definition) is 1. The Hall–Kier alpha value is -3.68. The molecule has 0 radical (unpaired) electrons. The van der Waals surface area contributed by atoms with Gasteiger partial charge < -0.3 is 15.0 Å². The summed E-state index contributed by atoms with van der Waals surface area (Å²) in [5.74, 6) is -0.903. The monoisotopic (exact) mass is 462 g/mol. The van der Waals surface area contributed by atoms with Gasteiger partial charge in [0.25, 0.3) is 11.5 Å². The number of amides is 1. The van der Waals surface area contributed by atoms with E-state index in [9.17, 15) is 14.4 Å². The van der Waals surface area contributed by atoms with Gasteiger partial charge in [0, 0.05) is 25.0 Å². The van der Waals surface area contributed by atoms with Crippen LogP contribution in [-0.4, -0.2) is 41.9 Å². The van der Waals surface area contributed by atoms with Crippen molar-refractivity contribution in [2.24, 2.45) is 0 Å². The maximum atomic E-state index is 13.5. The van der Waals surface area contributed by atoms with E-state index in [1.807, 2.05) is 6.07 Å². The zero-order valence-corrected chi connectivity index (χ0v) is 19.7. The Morgan fingerprint density at radius 1 is 1.06 bits per heavy atom. The number of unbranched alkanes of at least 4 members (excludes halogenated alkanes) is 2. The number of carbonyl (C=O) groups is 2. The normalized spacial score (nSPS) is 13.3. The molecule has 3 aromatic rings. The molecule has 0 saturated carbocycles. The van der Waals surface area contributed by atoms with Gasteiger partial charge in [0.05, 0.1) is 29.4 Å². The van der Waals surface area contributed by atoms with E-state index in [1.165, 1.54) is 11.8 Å². The first-order valence-corrected chi connectivity index (χ1v) is 11.8. The van der Waals surface area contributed by atoms with Crippen LogP contribution < -0.4 is 15.8 Å². The van der Waals surface area contributed by atoms with Crippen molar-refractivity contribution in [3.63, 3.8) is 0 Å². The number of anilines is 2. The molecule has 8 heteroatoms. The lowest BCUT2D eigenvalue weighted by molar-refractivity contribution is 0.0600. The van der Waals surface area contributed by atoms with Crippen molar-refractivity contribution in [3.8, 4) is 0 Å². The zero-order valence-electron chi connectivity index (χ0n) is 19.7. The quantitative estimate of drug-likeness (QED) is 0.398. The molecule has 0 unspecified atom stereocenters. The summed E-state index contributed by atoms with van der Waals surface area (Å²) in [5, 5.41) is 8.38. The lowest BCUT2D eigenvalue weighted by Crippen LogP contribution is -2.28. The van der Waals surface area contributed by atoms with Crippen molar-refractivity contribution in [2.75, 3.05) is 30.4 Å². The average molecular weight is 463 g/mol. The van der Waals surface area contributed by atoms with Crippen LogP contribution in [0, 0.1) is 0 Å². The van der Waals surface area contributed by atoms with Crippen LogP contribution in [0.4, 0.5) is 11.4 Å². The first-order chi connectivity index (χ1) is 16.5. The van der Waals surface area contributed by atoms with Crippen LogP contribution in [0.3, 0.4) is 0 Å². The van der Waals surface area contributed by atoms with Gasteiger partial charge in [-0.05, 0) is 43.5 Å². The van der Waals surface area contributed by atoms with E-state index < -0.39 is 11.9 Å². The average Bonchev–Trinajstić information content (AvgIpc) is 3.40. The van der Waals surface area contributed by atoms with Gasteiger partial charge in [-0.3, -0.25) is 9.59 Å². The van der Waals surface area contributed by atoms with Crippen molar-refractivity contribution in [3.05, 3.63) is 64.1 Å². The van der Waals surface area contributed by atoms with E-state index in [2.05, 4.69) is 22.2 Å². The highest BCUT2D eigenvalue weighted by molar-refractivity contribution is 6.12. The largest absolute Gasteiger partial charge is 0.465 e. The lowest BCUT2D eigenvalue weighted by Gasteiger charge is -2.22. The van der Waals surface area contributed by atoms with Crippen molar-refractivity contribution in [1.82, 2.24) is 9.78 Å². The second kappa shape index (κ2) is 10.5. The number of aromatic nitrogens is 2. The molecule has 1 aromatic heterocycles. The van der Waals surface area contributed by atoms with Crippen LogP contribution in [0.5, 0.6) is 0 Å². The maximum Gasteiger partial charge on any atom is 0.337 e. The van der Waals surface area contributed by atoms with Gasteiger partial charge in [0.15, 0.2) is 5.69 Å². The number of rotatable bonds is 8. The molecule has 0 aliphatic carbocycles. The number of nitrogens with zero attached hydrogens (tertiary/aromatic N) is 3. The number of aryl methyl sites for hydroxylation is 1. The number of hydrogen-bond acceptors (Lipinski definition) is 6. The highest BCUT2D eigenvalue weighted by Crippen LogP contribution is 2.31. The molecule has 1 fully saturated rings. The molecule has 178 valence electrons. The second-order valence-corrected chi connectivity index (χ2v) is 8.50. The Bertz CT molecular complexity index is 1260. The van der Waals surface area contributed by atoms with E-state index in [0.29, 0.717) is 28.6 Å². The Labute approximate surface area is 198 Å². The summed E-state index contributed by atoms with van der Waals surface area (Å²) in [5.41, 5.74) is 1.70. The van der Waals surface area contributed by atoms with Gasteiger partial charge >= 0.3 is 5.97 Å². The van der Waals surface area contributed by atoms with E-state index in [4.69, 9.17) is 4.74 Å². The van der Waals surface area contributed by atoms with E-state index in [0.717, 1.165) is 50.9 Å². The predicted molar refractivity (Wildman–Crippen MR) is 133 cm³/mol. The fourth-order valence-electron chi connectivity index (χ4n) is 4.36. The summed E-state index contributed by atoms with van der Waals surface area (Å²) < 4.78 is 6.25. The second-order valence-electron chi connectivity index (χ2n) is 8.50. The molecule has 2 heterocycles. The van der Waals surface area contributed by atoms with Crippen LogP contribution in [-0.2, 0) is 11.3 Å². The van der Waals surface area contributed by atoms with Crippen molar-refractivity contribution >= 4 is 34.0 Å². The Morgan fingerprint density at radius 3 is 2.50 bits per heavy atom. The molecule has 4 rings (SSSR count). The predicted octanol–water partition coefficient (Wildman–Crippen LogP) is 4.23.